The zero-order valence-electron chi connectivity index (χ0n) is 12.3. The van der Waals surface area contributed by atoms with E-state index in [1.54, 1.807) is 7.11 Å². The van der Waals surface area contributed by atoms with E-state index in [9.17, 15) is 0 Å². The fraction of sp³-hybridized carbons (Fsp3) is 0.600. The average molecular weight is 263 g/mol. The molecule has 1 aliphatic heterocycles. The zero-order valence-corrected chi connectivity index (χ0v) is 12.3. The molecule has 2 rings (SSSR count). The summed E-state index contributed by atoms with van der Waals surface area (Å²) in [5.41, 5.74) is 3.74. The van der Waals surface area contributed by atoms with Crippen LogP contribution in [-0.2, 0) is 6.54 Å². The number of methoxy groups -OCH3 is 1. The van der Waals surface area contributed by atoms with Gasteiger partial charge in [0.25, 0.3) is 0 Å². The molecule has 0 radical (unpaired) electrons. The van der Waals surface area contributed by atoms with Crippen LogP contribution in [0.2, 0.25) is 0 Å². The van der Waals surface area contributed by atoms with Crippen LogP contribution in [0.25, 0.3) is 0 Å². The Morgan fingerprint density at radius 3 is 2.42 bits per heavy atom. The molecule has 2 N–H and O–H groups in total. The lowest BCUT2D eigenvalue weighted by Gasteiger charge is -2.27. The minimum Gasteiger partial charge on any atom is -0.496 e. The van der Waals surface area contributed by atoms with Gasteiger partial charge in [-0.2, -0.15) is 0 Å². The highest BCUT2D eigenvalue weighted by atomic mass is 16.5. The first-order valence-electron chi connectivity index (χ1n) is 6.98. The topological polar surface area (TPSA) is 36.5 Å². The molecular formula is C15H25N3O. The van der Waals surface area contributed by atoms with Gasteiger partial charge in [-0.3, -0.25) is 4.90 Å². The maximum Gasteiger partial charge on any atom is 0.124 e. The molecule has 0 aromatic heterocycles. The summed E-state index contributed by atoms with van der Waals surface area (Å²) in [5.74, 6) is 1.01. The van der Waals surface area contributed by atoms with Crippen LogP contribution in [0, 0.1) is 13.8 Å². The molecule has 4 heteroatoms. The van der Waals surface area contributed by atoms with Crippen molar-refractivity contribution in [3.63, 3.8) is 0 Å². The van der Waals surface area contributed by atoms with Crippen molar-refractivity contribution < 1.29 is 4.74 Å². The number of hydrogen-bond acceptors (Lipinski definition) is 4. The van der Waals surface area contributed by atoms with Crippen molar-refractivity contribution in [1.29, 1.82) is 0 Å². The SMILES string of the molecule is COc1c(C)cc(CNCN2CCNCC2)cc1C. The monoisotopic (exact) mass is 263 g/mol. The highest BCUT2D eigenvalue weighted by Crippen LogP contribution is 2.24. The fourth-order valence-corrected chi connectivity index (χ4v) is 2.69. The summed E-state index contributed by atoms with van der Waals surface area (Å²) in [4.78, 5) is 2.44. The van der Waals surface area contributed by atoms with E-state index < -0.39 is 0 Å². The van der Waals surface area contributed by atoms with E-state index in [0.29, 0.717) is 0 Å². The van der Waals surface area contributed by atoms with Gasteiger partial charge < -0.3 is 15.4 Å². The van der Waals surface area contributed by atoms with E-state index >= 15 is 0 Å². The van der Waals surface area contributed by atoms with Crippen molar-refractivity contribution in [2.75, 3.05) is 40.0 Å². The van der Waals surface area contributed by atoms with Crippen LogP contribution in [0.5, 0.6) is 5.75 Å². The van der Waals surface area contributed by atoms with E-state index in [1.807, 2.05) is 0 Å². The van der Waals surface area contributed by atoms with E-state index in [4.69, 9.17) is 4.74 Å². The highest BCUT2D eigenvalue weighted by Gasteiger charge is 2.09. The summed E-state index contributed by atoms with van der Waals surface area (Å²) >= 11 is 0. The highest BCUT2D eigenvalue weighted by molar-refractivity contribution is 5.43. The second-order valence-corrected chi connectivity index (χ2v) is 5.22. The molecule has 1 heterocycles. The second kappa shape index (κ2) is 6.89. The Labute approximate surface area is 116 Å². The maximum atomic E-state index is 5.39. The molecule has 0 amide bonds. The van der Waals surface area contributed by atoms with Gasteiger partial charge in [0, 0.05) is 39.4 Å². The largest absolute Gasteiger partial charge is 0.496 e. The van der Waals surface area contributed by atoms with Gasteiger partial charge in [-0.15, -0.1) is 0 Å². The summed E-state index contributed by atoms with van der Waals surface area (Å²) in [7, 11) is 1.73. The number of aryl methyl sites for hydroxylation is 2. The third-order valence-corrected chi connectivity index (χ3v) is 3.60. The molecule has 4 nitrogen and oxygen atoms in total. The molecule has 1 fully saturated rings. The first-order chi connectivity index (χ1) is 9.20. The standard InChI is InChI=1S/C15H25N3O/c1-12-8-14(9-13(2)15(12)19-3)10-17-11-18-6-4-16-5-7-18/h8-9,16-17H,4-7,10-11H2,1-3H3. The lowest BCUT2D eigenvalue weighted by atomic mass is 10.1. The van der Waals surface area contributed by atoms with Crippen LogP contribution in [0.4, 0.5) is 0 Å². The van der Waals surface area contributed by atoms with Gasteiger partial charge in [-0.1, -0.05) is 12.1 Å². The summed E-state index contributed by atoms with van der Waals surface area (Å²) in [5, 5.41) is 6.89. The molecule has 0 spiro atoms. The molecule has 0 aliphatic carbocycles. The van der Waals surface area contributed by atoms with Crippen molar-refractivity contribution >= 4 is 0 Å². The molecular weight excluding hydrogens is 238 g/mol. The van der Waals surface area contributed by atoms with Crippen LogP contribution < -0.4 is 15.4 Å². The summed E-state index contributed by atoms with van der Waals surface area (Å²) in [6.07, 6.45) is 0. The lowest BCUT2D eigenvalue weighted by molar-refractivity contribution is 0.223. The lowest BCUT2D eigenvalue weighted by Crippen LogP contribution is -2.46. The molecule has 19 heavy (non-hydrogen) atoms. The van der Waals surface area contributed by atoms with Crippen LogP contribution in [0.1, 0.15) is 16.7 Å². The van der Waals surface area contributed by atoms with Crippen LogP contribution >= 0.6 is 0 Å². The Hall–Kier alpha value is -1.10. The van der Waals surface area contributed by atoms with Gasteiger partial charge in [0.05, 0.1) is 7.11 Å². The number of benzene rings is 1. The molecule has 0 unspecified atom stereocenters. The van der Waals surface area contributed by atoms with Crippen LogP contribution in [-0.4, -0.2) is 44.9 Å². The van der Waals surface area contributed by atoms with E-state index in [-0.39, 0.29) is 0 Å². The second-order valence-electron chi connectivity index (χ2n) is 5.22. The molecule has 1 aromatic rings. The minimum absolute atomic E-state index is 0.912. The number of hydrogen-bond donors (Lipinski definition) is 2. The normalized spacial score (nSPS) is 16.6. The quantitative estimate of drug-likeness (QED) is 0.839. The van der Waals surface area contributed by atoms with Gasteiger partial charge in [-0.05, 0) is 30.5 Å². The Morgan fingerprint density at radius 2 is 1.84 bits per heavy atom. The molecule has 0 bridgehead atoms. The van der Waals surface area contributed by atoms with Crippen LogP contribution in [0.15, 0.2) is 12.1 Å². The Kier molecular flexibility index (Phi) is 5.19. The third kappa shape index (κ3) is 3.93. The predicted octanol–water partition coefficient (Wildman–Crippen LogP) is 1.26. The molecule has 1 aromatic carbocycles. The van der Waals surface area contributed by atoms with Gasteiger partial charge in [0.15, 0.2) is 0 Å². The molecule has 0 atom stereocenters. The number of piperazine rings is 1. The van der Waals surface area contributed by atoms with Gasteiger partial charge in [0.1, 0.15) is 5.75 Å². The Bertz CT molecular complexity index is 391. The van der Waals surface area contributed by atoms with Crippen molar-refractivity contribution in [3.8, 4) is 5.75 Å². The first-order valence-corrected chi connectivity index (χ1v) is 6.98. The predicted molar refractivity (Wildman–Crippen MR) is 78.6 cm³/mol. The van der Waals surface area contributed by atoms with Crippen molar-refractivity contribution in [2.45, 2.75) is 20.4 Å². The third-order valence-electron chi connectivity index (χ3n) is 3.60. The van der Waals surface area contributed by atoms with Gasteiger partial charge in [-0.25, -0.2) is 0 Å². The van der Waals surface area contributed by atoms with E-state index in [1.165, 1.54) is 16.7 Å². The molecule has 1 saturated heterocycles. The number of nitrogens with zero attached hydrogens (tertiary/aromatic N) is 1. The minimum atomic E-state index is 0.912. The van der Waals surface area contributed by atoms with Crippen molar-refractivity contribution in [1.82, 2.24) is 15.5 Å². The van der Waals surface area contributed by atoms with E-state index in [2.05, 4.69) is 41.5 Å². The van der Waals surface area contributed by atoms with Crippen molar-refractivity contribution in [2.24, 2.45) is 0 Å². The molecule has 1 aliphatic rings. The average Bonchev–Trinajstić information content (AvgIpc) is 2.40. The molecule has 106 valence electrons. The van der Waals surface area contributed by atoms with Crippen molar-refractivity contribution in [3.05, 3.63) is 28.8 Å². The summed E-state index contributed by atoms with van der Waals surface area (Å²) in [6.45, 7) is 10.5. The van der Waals surface area contributed by atoms with E-state index in [0.717, 1.165) is 45.1 Å². The summed E-state index contributed by atoms with van der Waals surface area (Å²) in [6, 6.07) is 4.41. The zero-order chi connectivity index (χ0) is 13.7. The number of nitrogens with one attached hydrogen (secondary N) is 2. The number of rotatable bonds is 5. The number of ether oxygens (including phenoxy) is 1. The maximum absolute atomic E-state index is 5.39. The fourth-order valence-electron chi connectivity index (χ4n) is 2.69. The Morgan fingerprint density at radius 1 is 1.21 bits per heavy atom. The molecule has 0 saturated carbocycles. The Balaban J connectivity index is 1.85. The summed E-state index contributed by atoms with van der Waals surface area (Å²) < 4.78 is 5.39. The van der Waals surface area contributed by atoms with Gasteiger partial charge >= 0.3 is 0 Å². The van der Waals surface area contributed by atoms with Crippen LogP contribution in [0.3, 0.4) is 0 Å². The van der Waals surface area contributed by atoms with Gasteiger partial charge in [0.2, 0.25) is 0 Å². The smallest absolute Gasteiger partial charge is 0.124 e. The first kappa shape index (κ1) is 14.3.